The van der Waals surface area contributed by atoms with Crippen LogP contribution in [0.15, 0.2) is 60.7 Å². The lowest BCUT2D eigenvalue weighted by molar-refractivity contribution is -0.125. The molecule has 0 aliphatic carbocycles. The van der Waals surface area contributed by atoms with Crippen LogP contribution in [0, 0.1) is 6.92 Å². The van der Waals surface area contributed by atoms with Crippen molar-refractivity contribution in [1.82, 2.24) is 10.6 Å². The maximum Gasteiger partial charge on any atom is 0.252 e. The van der Waals surface area contributed by atoms with Gasteiger partial charge in [0.15, 0.2) is 5.11 Å². The zero-order valence-electron chi connectivity index (χ0n) is 16.4. The standard InChI is InChI=1S/C23H27N3OS/c1-3-4-16-24-23(28)25-21-20(15-12-18-8-6-5-7-9-18)26(22(21)27)19-13-10-17(2)11-14-19/h5-15,20-21H,3-4,16H2,1-2H3,(H2,24,25,28)/b15-12+/t20-,21+/m1/s1. The average Bonchev–Trinajstić information content (AvgIpc) is 2.71. The maximum atomic E-state index is 12.9. The molecule has 0 bridgehead atoms. The van der Waals surface area contributed by atoms with Crippen molar-refractivity contribution in [2.75, 3.05) is 11.4 Å². The van der Waals surface area contributed by atoms with E-state index < -0.39 is 0 Å². The summed E-state index contributed by atoms with van der Waals surface area (Å²) >= 11 is 5.38. The number of nitrogens with zero attached hydrogens (tertiary/aromatic N) is 1. The first-order valence-electron chi connectivity index (χ1n) is 9.77. The number of β-lactam (4-membered cyclic amide) rings is 1. The number of unbranched alkanes of at least 4 members (excludes halogenated alkanes) is 1. The summed E-state index contributed by atoms with van der Waals surface area (Å²) in [6.45, 7) is 4.99. The highest BCUT2D eigenvalue weighted by Gasteiger charge is 2.47. The van der Waals surface area contributed by atoms with Gasteiger partial charge in [0.1, 0.15) is 6.04 Å². The van der Waals surface area contributed by atoms with Gasteiger partial charge in [-0.25, -0.2) is 0 Å². The number of benzene rings is 2. The Kier molecular flexibility index (Phi) is 6.82. The van der Waals surface area contributed by atoms with Crippen LogP contribution in [0.1, 0.15) is 30.9 Å². The normalized spacial score (nSPS) is 18.8. The highest BCUT2D eigenvalue weighted by atomic mass is 32.1. The summed E-state index contributed by atoms with van der Waals surface area (Å²) < 4.78 is 0. The molecule has 0 saturated carbocycles. The molecule has 4 nitrogen and oxygen atoms in total. The van der Waals surface area contributed by atoms with E-state index in [-0.39, 0.29) is 18.0 Å². The van der Waals surface area contributed by atoms with E-state index in [1.165, 1.54) is 5.56 Å². The van der Waals surface area contributed by atoms with Crippen LogP contribution < -0.4 is 15.5 Å². The van der Waals surface area contributed by atoms with Gasteiger partial charge in [-0.15, -0.1) is 0 Å². The van der Waals surface area contributed by atoms with Crippen LogP contribution >= 0.6 is 12.2 Å². The van der Waals surface area contributed by atoms with Crippen molar-refractivity contribution in [1.29, 1.82) is 0 Å². The first-order chi connectivity index (χ1) is 13.6. The predicted octanol–water partition coefficient (Wildman–Crippen LogP) is 4.06. The number of hydrogen-bond donors (Lipinski definition) is 2. The Labute approximate surface area is 172 Å². The lowest BCUT2D eigenvalue weighted by Crippen LogP contribution is -2.71. The number of carbonyl (C=O) groups excluding carboxylic acids is 1. The summed E-state index contributed by atoms with van der Waals surface area (Å²) in [6.07, 6.45) is 6.28. The number of rotatable bonds is 7. The van der Waals surface area contributed by atoms with E-state index in [1.54, 1.807) is 0 Å². The molecule has 0 aromatic heterocycles. The molecular weight excluding hydrogens is 366 g/mol. The zero-order valence-corrected chi connectivity index (χ0v) is 17.2. The van der Waals surface area contributed by atoms with Crippen LogP contribution in [0.5, 0.6) is 0 Å². The Morgan fingerprint density at radius 2 is 1.86 bits per heavy atom. The highest BCUT2D eigenvalue weighted by molar-refractivity contribution is 7.80. The molecule has 146 valence electrons. The summed E-state index contributed by atoms with van der Waals surface area (Å²) in [4.78, 5) is 14.7. The fraction of sp³-hybridized carbons (Fsp3) is 0.304. The second-order valence-electron chi connectivity index (χ2n) is 7.04. The van der Waals surface area contributed by atoms with Gasteiger partial charge in [0.05, 0.1) is 6.04 Å². The van der Waals surface area contributed by atoms with Gasteiger partial charge in [-0.3, -0.25) is 4.79 Å². The topological polar surface area (TPSA) is 44.4 Å². The first kappa shape index (κ1) is 20.1. The second-order valence-corrected chi connectivity index (χ2v) is 7.44. The Morgan fingerprint density at radius 3 is 2.54 bits per heavy atom. The van der Waals surface area contributed by atoms with Gasteiger partial charge < -0.3 is 15.5 Å². The smallest absolute Gasteiger partial charge is 0.252 e. The monoisotopic (exact) mass is 393 g/mol. The Balaban J connectivity index is 1.76. The maximum absolute atomic E-state index is 12.9. The van der Waals surface area contributed by atoms with Crippen molar-refractivity contribution < 1.29 is 4.79 Å². The van der Waals surface area contributed by atoms with Crippen LogP contribution in [0.2, 0.25) is 0 Å². The summed E-state index contributed by atoms with van der Waals surface area (Å²) in [5.74, 6) is 0.0335. The van der Waals surface area contributed by atoms with Crippen molar-refractivity contribution in [3.63, 3.8) is 0 Å². The van der Waals surface area contributed by atoms with E-state index in [1.807, 2.05) is 66.4 Å². The molecule has 0 spiro atoms. The van der Waals surface area contributed by atoms with Crippen LogP contribution in [0.25, 0.3) is 6.08 Å². The number of nitrogens with one attached hydrogen (secondary N) is 2. The average molecular weight is 394 g/mol. The third-order valence-corrected chi connectivity index (χ3v) is 5.11. The number of anilines is 1. The minimum absolute atomic E-state index is 0.0335. The third kappa shape index (κ3) is 4.78. The van der Waals surface area contributed by atoms with Crippen molar-refractivity contribution in [2.45, 2.75) is 38.8 Å². The second kappa shape index (κ2) is 9.51. The largest absolute Gasteiger partial charge is 0.363 e. The number of thiocarbonyl (C=S) groups is 1. The Morgan fingerprint density at radius 1 is 1.14 bits per heavy atom. The number of aryl methyl sites for hydroxylation is 1. The molecule has 0 radical (unpaired) electrons. The van der Waals surface area contributed by atoms with Crippen LogP contribution in [0.4, 0.5) is 5.69 Å². The van der Waals surface area contributed by atoms with E-state index >= 15 is 0 Å². The molecule has 1 fully saturated rings. The van der Waals surface area contributed by atoms with E-state index in [2.05, 4.69) is 29.7 Å². The summed E-state index contributed by atoms with van der Waals surface area (Å²) in [6, 6.07) is 17.7. The van der Waals surface area contributed by atoms with Gasteiger partial charge in [0.25, 0.3) is 5.91 Å². The molecule has 1 aliphatic heterocycles. The molecule has 1 heterocycles. The fourth-order valence-electron chi connectivity index (χ4n) is 3.20. The Hall–Kier alpha value is -2.66. The van der Waals surface area contributed by atoms with Crippen LogP contribution in [0.3, 0.4) is 0 Å². The van der Waals surface area contributed by atoms with E-state index in [4.69, 9.17) is 12.2 Å². The van der Waals surface area contributed by atoms with E-state index in [9.17, 15) is 4.79 Å². The van der Waals surface area contributed by atoms with Gasteiger partial charge in [0.2, 0.25) is 0 Å². The molecule has 2 aromatic rings. The molecule has 2 aromatic carbocycles. The molecule has 1 saturated heterocycles. The van der Waals surface area contributed by atoms with Crippen molar-refractivity contribution in [3.8, 4) is 0 Å². The predicted molar refractivity (Wildman–Crippen MR) is 120 cm³/mol. The molecule has 2 N–H and O–H groups in total. The number of hydrogen-bond acceptors (Lipinski definition) is 2. The zero-order chi connectivity index (χ0) is 19.9. The highest BCUT2D eigenvalue weighted by Crippen LogP contribution is 2.30. The van der Waals surface area contributed by atoms with Crippen molar-refractivity contribution in [2.24, 2.45) is 0 Å². The van der Waals surface area contributed by atoms with Crippen LogP contribution in [-0.4, -0.2) is 29.6 Å². The van der Waals surface area contributed by atoms with Gasteiger partial charge in [-0.1, -0.05) is 73.5 Å². The van der Waals surface area contributed by atoms with Gasteiger partial charge in [-0.2, -0.15) is 0 Å². The minimum Gasteiger partial charge on any atom is -0.363 e. The van der Waals surface area contributed by atoms with Gasteiger partial charge in [0, 0.05) is 12.2 Å². The van der Waals surface area contributed by atoms with E-state index in [0.29, 0.717) is 5.11 Å². The molecular formula is C23H27N3OS. The summed E-state index contributed by atoms with van der Waals surface area (Å²) in [7, 11) is 0. The molecule has 5 heteroatoms. The number of amides is 1. The Bertz CT molecular complexity index is 833. The molecule has 28 heavy (non-hydrogen) atoms. The summed E-state index contributed by atoms with van der Waals surface area (Å²) in [5.41, 5.74) is 3.18. The molecule has 3 rings (SSSR count). The van der Waals surface area contributed by atoms with Crippen molar-refractivity contribution >= 4 is 35.0 Å². The number of carbonyl (C=O) groups is 1. The summed E-state index contributed by atoms with van der Waals surface area (Å²) in [5, 5.41) is 6.92. The molecule has 1 amide bonds. The third-order valence-electron chi connectivity index (χ3n) is 4.84. The lowest BCUT2D eigenvalue weighted by Gasteiger charge is -2.46. The lowest BCUT2D eigenvalue weighted by atomic mass is 9.92. The van der Waals surface area contributed by atoms with Crippen molar-refractivity contribution in [3.05, 3.63) is 71.8 Å². The molecule has 0 unspecified atom stereocenters. The van der Waals surface area contributed by atoms with Gasteiger partial charge in [-0.05, 0) is 43.3 Å². The van der Waals surface area contributed by atoms with Crippen LogP contribution in [-0.2, 0) is 4.79 Å². The fourth-order valence-corrected chi connectivity index (χ4v) is 3.43. The SMILES string of the molecule is CCCCNC(=S)N[C@@H]1C(=O)N(c2ccc(C)cc2)[C@@H]1/C=C/c1ccccc1. The van der Waals surface area contributed by atoms with E-state index in [0.717, 1.165) is 30.6 Å². The quantitative estimate of drug-likeness (QED) is 0.423. The minimum atomic E-state index is -0.358. The van der Waals surface area contributed by atoms with Gasteiger partial charge >= 0.3 is 0 Å². The molecule has 1 aliphatic rings. The first-order valence-corrected chi connectivity index (χ1v) is 10.2. The molecule has 2 atom stereocenters.